The third kappa shape index (κ3) is 7.03. The zero-order valence-electron chi connectivity index (χ0n) is 29.6. The van der Waals surface area contributed by atoms with Gasteiger partial charge in [0, 0.05) is 44.5 Å². The van der Waals surface area contributed by atoms with Crippen LogP contribution in [0.3, 0.4) is 0 Å². The summed E-state index contributed by atoms with van der Waals surface area (Å²) in [7, 11) is -0.156. The summed E-state index contributed by atoms with van der Waals surface area (Å²) in [5.41, 5.74) is 2.31. The van der Waals surface area contributed by atoms with Gasteiger partial charge < -0.3 is 19.1 Å². The van der Waals surface area contributed by atoms with Crippen LogP contribution in [-0.4, -0.2) is 95.0 Å². The molecule has 4 aromatic rings. The smallest absolute Gasteiger partial charge is 0.410 e. The van der Waals surface area contributed by atoms with E-state index in [1.165, 1.54) is 0 Å². The molecule has 51 heavy (non-hydrogen) atoms. The second-order valence-corrected chi connectivity index (χ2v) is 17.8. The van der Waals surface area contributed by atoms with Gasteiger partial charge in [0.25, 0.3) is 0 Å². The van der Waals surface area contributed by atoms with Crippen LogP contribution in [0.1, 0.15) is 73.9 Å². The molecule has 7 rings (SSSR count). The predicted molar refractivity (Wildman–Crippen MR) is 196 cm³/mol. The van der Waals surface area contributed by atoms with Gasteiger partial charge in [-0.3, -0.25) is 4.90 Å². The number of rotatable bonds is 8. The van der Waals surface area contributed by atoms with E-state index in [9.17, 15) is 18.5 Å². The van der Waals surface area contributed by atoms with Gasteiger partial charge in [0.05, 0.1) is 36.1 Å². The Labute approximate surface area is 302 Å². The van der Waals surface area contributed by atoms with Crippen LogP contribution in [0.4, 0.5) is 15.7 Å². The van der Waals surface area contributed by atoms with Gasteiger partial charge in [0.1, 0.15) is 22.2 Å². The number of aliphatic imine (C=N–C) groups is 1. The number of amides is 1. The molecule has 15 heteroatoms. The summed E-state index contributed by atoms with van der Waals surface area (Å²) in [5.74, 6) is 0.0675. The highest BCUT2D eigenvalue weighted by Crippen LogP contribution is 2.45. The lowest BCUT2D eigenvalue weighted by molar-refractivity contribution is 0.0122. The first-order valence-electron chi connectivity index (χ1n) is 17.3. The van der Waals surface area contributed by atoms with Crippen molar-refractivity contribution in [2.45, 2.75) is 93.8 Å². The fraction of sp³-hybridized carbons (Fsp3) is 0.500. The molecule has 13 nitrogen and oxygen atoms in total. The number of thiophene rings is 1. The van der Waals surface area contributed by atoms with Crippen LogP contribution in [0.25, 0.3) is 11.2 Å². The third-order valence-electron chi connectivity index (χ3n) is 9.59. The Morgan fingerprint density at radius 3 is 2.53 bits per heavy atom. The van der Waals surface area contributed by atoms with E-state index < -0.39 is 15.4 Å². The number of carbonyl (C=O) groups excluding carboxylic acids is 1. The van der Waals surface area contributed by atoms with Crippen molar-refractivity contribution >= 4 is 55.7 Å². The minimum atomic E-state index is -3.95. The topological polar surface area (TPSA) is 150 Å². The molecule has 1 aromatic carbocycles. The molecule has 2 aliphatic heterocycles. The number of piperazine rings is 1. The number of hydrogen-bond acceptors (Lipinski definition) is 11. The van der Waals surface area contributed by atoms with Crippen molar-refractivity contribution in [1.29, 1.82) is 5.26 Å². The quantitative estimate of drug-likeness (QED) is 0.126. The van der Waals surface area contributed by atoms with Crippen molar-refractivity contribution < 1.29 is 17.9 Å². The number of imidazole rings is 1. The Hall–Kier alpha value is -4.55. The average molecular weight is 730 g/mol. The van der Waals surface area contributed by atoms with Crippen molar-refractivity contribution in [2.24, 2.45) is 4.99 Å². The summed E-state index contributed by atoms with van der Waals surface area (Å²) in [6.45, 7) is 6.96. The van der Waals surface area contributed by atoms with E-state index in [-0.39, 0.29) is 40.4 Å². The maximum Gasteiger partial charge on any atom is 0.410 e. The zero-order chi connectivity index (χ0) is 36.1. The number of aryl methyl sites for hydroxylation is 1. The van der Waals surface area contributed by atoms with Crippen molar-refractivity contribution in [1.82, 2.24) is 29.3 Å². The van der Waals surface area contributed by atoms with E-state index in [0.717, 1.165) is 42.5 Å². The van der Waals surface area contributed by atoms with Crippen molar-refractivity contribution in [3.63, 3.8) is 0 Å². The standard InChI is InChI=1S/C36H43N9O4S2/c1-36(2,3)49-35(46)45-25-14-15-26(45)19-43(18-25)34-40-31-30(33(41-34)51(47,48)20-23-10-7-6-8-11-23)38-22-44(31)17-24-12-9-13-28-29(24)27(16-37)32(50-28)39-21-42(4)5/h6-8,10-11,21-22,24-26H,9,12-15,17-20H2,1-5H3/t24?,25-,26+. The number of benzene rings is 1. The van der Waals surface area contributed by atoms with Crippen LogP contribution >= 0.6 is 11.3 Å². The lowest BCUT2D eigenvalue weighted by Gasteiger charge is -2.41. The number of aromatic nitrogens is 4. The first-order valence-corrected chi connectivity index (χ1v) is 19.8. The monoisotopic (exact) mass is 729 g/mol. The van der Waals surface area contributed by atoms with E-state index in [4.69, 9.17) is 14.7 Å². The number of fused-ring (bicyclic) bond motifs is 4. The van der Waals surface area contributed by atoms with E-state index in [1.54, 1.807) is 36.1 Å². The highest BCUT2D eigenvalue weighted by molar-refractivity contribution is 7.90. The summed E-state index contributed by atoms with van der Waals surface area (Å²) >= 11 is 1.57. The number of anilines is 1. The summed E-state index contributed by atoms with van der Waals surface area (Å²) in [5, 5.41) is 10.9. The molecule has 0 saturated carbocycles. The second kappa shape index (κ2) is 13.5. The molecule has 2 fully saturated rings. The normalized spacial score (nSPS) is 20.5. The van der Waals surface area contributed by atoms with E-state index in [2.05, 4.69) is 16.0 Å². The third-order valence-corrected chi connectivity index (χ3v) is 12.3. The van der Waals surface area contributed by atoms with Gasteiger partial charge in [0.15, 0.2) is 10.7 Å². The maximum absolute atomic E-state index is 14.1. The van der Waals surface area contributed by atoms with Gasteiger partial charge in [-0.15, -0.1) is 11.3 Å². The van der Waals surface area contributed by atoms with Crippen molar-refractivity contribution in [3.05, 3.63) is 58.2 Å². The molecule has 3 aromatic heterocycles. The highest BCUT2D eigenvalue weighted by Gasteiger charge is 2.45. The average Bonchev–Trinajstić information content (AvgIpc) is 3.73. The van der Waals surface area contributed by atoms with Gasteiger partial charge in [-0.2, -0.15) is 15.2 Å². The van der Waals surface area contributed by atoms with Crippen LogP contribution in [0.5, 0.6) is 0 Å². The lowest BCUT2D eigenvalue weighted by Crippen LogP contribution is -2.57. The molecule has 1 amide bonds. The van der Waals surface area contributed by atoms with Gasteiger partial charge in [-0.1, -0.05) is 30.3 Å². The SMILES string of the molecule is CN(C)C=Nc1sc2c(c1C#N)C(Cn1cnc3c(S(=O)(=O)Cc4ccccc4)nc(N4C[C@H]5CC[C@@H](C4)N5C(=O)OC(C)(C)C)nc31)CCC2. The molecular weight excluding hydrogens is 687 g/mol. The minimum Gasteiger partial charge on any atom is -0.444 e. The summed E-state index contributed by atoms with van der Waals surface area (Å²) in [4.78, 5) is 39.0. The highest BCUT2D eigenvalue weighted by atomic mass is 32.2. The van der Waals surface area contributed by atoms with Gasteiger partial charge in [-0.25, -0.2) is 23.2 Å². The molecule has 1 unspecified atom stereocenters. The van der Waals surface area contributed by atoms with Crippen LogP contribution < -0.4 is 4.90 Å². The van der Waals surface area contributed by atoms with Gasteiger partial charge >= 0.3 is 6.09 Å². The van der Waals surface area contributed by atoms with Gasteiger partial charge in [0.2, 0.25) is 15.8 Å². The van der Waals surface area contributed by atoms with Crippen LogP contribution in [0.2, 0.25) is 0 Å². The van der Waals surface area contributed by atoms with E-state index in [1.807, 2.05) is 72.3 Å². The fourth-order valence-corrected chi connectivity index (χ4v) is 10.1. The molecule has 5 heterocycles. The molecule has 3 aliphatic rings. The Morgan fingerprint density at radius 1 is 1.14 bits per heavy atom. The molecule has 1 aliphatic carbocycles. The predicted octanol–water partition coefficient (Wildman–Crippen LogP) is 5.66. The molecule has 2 bridgehead atoms. The fourth-order valence-electron chi connectivity index (χ4n) is 7.48. The Bertz CT molecular complexity index is 2120. The minimum absolute atomic E-state index is 0.00337. The largest absolute Gasteiger partial charge is 0.444 e. The first kappa shape index (κ1) is 34.9. The Morgan fingerprint density at radius 2 is 1.86 bits per heavy atom. The molecule has 2 saturated heterocycles. The number of ether oxygens (including phenoxy) is 1. The molecule has 0 N–H and O–H groups in total. The lowest BCUT2D eigenvalue weighted by atomic mass is 9.85. The second-order valence-electron chi connectivity index (χ2n) is 14.8. The van der Waals surface area contributed by atoms with Crippen LogP contribution in [0, 0.1) is 11.3 Å². The number of nitrogens with zero attached hydrogens (tertiary/aromatic N) is 9. The first-order chi connectivity index (χ1) is 24.3. The van der Waals surface area contributed by atoms with Crippen molar-refractivity contribution in [3.8, 4) is 6.07 Å². The number of carbonyl (C=O) groups is 1. The summed E-state index contributed by atoms with van der Waals surface area (Å²) in [6, 6.07) is 11.3. The number of hydrogen-bond donors (Lipinski definition) is 0. The number of sulfone groups is 1. The van der Waals surface area contributed by atoms with Crippen LogP contribution in [0.15, 0.2) is 46.7 Å². The number of nitriles is 1. The molecule has 3 atom stereocenters. The maximum atomic E-state index is 14.1. The van der Waals surface area contributed by atoms with Crippen LogP contribution in [-0.2, 0) is 33.3 Å². The Kier molecular flexibility index (Phi) is 9.26. The molecule has 0 spiro atoms. The van der Waals surface area contributed by atoms with Gasteiger partial charge in [-0.05, 0) is 64.0 Å². The summed E-state index contributed by atoms with van der Waals surface area (Å²) in [6.07, 6.45) is 7.37. The zero-order valence-corrected chi connectivity index (χ0v) is 31.2. The Balaban J connectivity index is 1.27. The molecule has 0 radical (unpaired) electrons. The summed E-state index contributed by atoms with van der Waals surface area (Å²) < 4.78 is 35.9. The van der Waals surface area contributed by atoms with E-state index in [0.29, 0.717) is 47.4 Å². The van der Waals surface area contributed by atoms with Crippen molar-refractivity contribution in [2.75, 3.05) is 32.1 Å². The van der Waals surface area contributed by atoms with E-state index >= 15 is 0 Å². The molecular formula is C36H43N9O4S2. The molecule has 268 valence electrons.